The summed E-state index contributed by atoms with van der Waals surface area (Å²) in [6.45, 7) is 6.56. The summed E-state index contributed by atoms with van der Waals surface area (Å²) in [4.78, 5) is 11.4. The number of carbonyl (C=O) groups is 1. The molecule has 0 amide bonds. The molecule has 0 aromatic heterocycles. The van der Waals surface area contributed by atoms with Gasteiger partial charge in [0.2, 0.25) is 0 Å². The average molecular weight is 242 g/mol. The first kappa shape index (κ1) is 14.5. The minimum absolute atomic E-state index is 0.0212. The van der Waals surface area contributed by atoms with Crippen LogP contribution in [0.2, 0.25) is 0 Å². The third-order valence-corrected chi connectivity index (χ3v) is 4.35. The topological polar surface area (TPSA) is 57.5 Å². The molecule has 0 aromatic carbocycles. The summed E-state index contributed by atoms with van der Waals surface area (Å²) >= 11 is 0. The van der Waals surface area contributed by atoms with E-state index in [4.69, 9.17) is 5.11 Å². The molecule has 3 nitrogen and oxygen atoms in total. The number of carboxylic acid groups (broad SMARTS) is 1. The van der Waals surface area contributed by atoms with Gasteiger partial charge in [-0.05, 0) is 42.9 Å². The molecule has 0 bridgehead atoms. The molecule has 1 aliphatic rings. The van der Waals surface area contributed by atoms with Crippen molar-refractivity contribution in [3.05, 3.63) is 0 Å². The molecule has 0 aliphatic heterocycles. The Morgan fingerprint density at radius 2 is 1.94 bits per heavy atom. The van der Waals surface area contributed by atoms with Gasteiger partial charge in [0.25, 0.3) is 0 Å². The highest BCUT2D eigenvalue weighted by molar-refractivity contribution is 5.70. The predicted octanol–water partition coefficient (Wildman–Crippen LogP) is 2.78. The van der Waals surface area contributed by atoms with Crippen LogP contribution in [0.1, 0.15) is 46.5 Å². The van der Waals surface area contributed by atoms with Crippen molar-refractivity contribution in [2.75, 3.05) is 6.61 Å². The largest absolute Gasteiger partial charge is 0.481 e. The normalized spacial score (nSPS) is 31.5. The van der Waals surface area contributed by atoms with Gasteiger partial charge in [-0.25, -0.2) is 0 Å². The molecule has 1 aliphatic carbocycles. The van der Waals surface area contributed by atoms with E-state index < -0.39 is 5.97 Å². The molecule has 0 heterocycles. The summed E-state index contributed by atoms with van der Waals surface area (Å²) in [5.74, 6) is 0.796. The van der Waals surface area contributed by atoms with Crippen LogP contribution in [0.15, 0.2) is 0 Å². The number of aliphatic hydroxyl groups is 1. The number of hydrogen-bond donors (Lipinski definition) is 2. The smallest absolute Gasteiger partial charge is 0.306 e. The first-order chi connectivity index (χ1) is 7.97. The molecule has 1 fully saturated rings. The van der Waals surface area contributed by atoms with Gasteiger partial charge in [0.15, 0.2) is 0 Å². The van der Waals surface area contributed by atoms with Crippen molar-refractivity contribution >= 4 is 5.97 Å². The van der Waals surface area contributed by atoms with E-state index >= 15 is 0 Å². The third-order valence-electron chi connectivity index (χ3n) is 4.35. The quantitative estimate of drug-likeness (QED) is 0.779. The SMILES string of the molecule is CC1CCC(C(C)C)C(C(CCO)C(=O)O)C1. The van der Waals surface area contributed by atoms with E-state index in [0.717, 1.165) is 12.8 Å². The van der Waals surface area contributed by atoms with Crippen molar-refractivity contribution in [3.8, 4) is 0 Å². The summed E-state index contributed by atoms with van der Waals surface area (Å²) in [5, 5.41) is 18.4. The van der Waals surface area contributed by atoms with Gasteiger partial charge < -0.3 is 10.2 Å². The second-order valence-corrected chi connectivity index (χ2v) is 5.95. The molecular formula is C14H26O3. The minimum Gasteiger partial charge on any atom is -0.481 e. The molecule has 0 saturated heterocycles. The zero-order valence-corrected chi connectivity index (χ0v) is 11.2. The Hall–Kier alpha value is -0.570. The lowest BCUT2D eigenvalue weighted by Gasteiger charge is -2.40. The van der Waals surface area contributed by atoms with Crippen LogP contribution in [0.4, 0.5) is 0 Å². The van der Waals surface area contributed by atoms with E-state index in [1.165, 1.54) is 6.42 Å². The summed E-state index contributed by atoms with van der Waals surface area (Å²) < 4.78 is 0. The number of rotatable bonds is 5. The van der Waals surface area contributed by atoms with Crippen LogP contribution in [-0.4, -0.2) is 22.8 Å². The van der Waals surface area contributed by atoms with Crippen molar-refractivity contribution in [2.45, 2.75) is 46.5 Å². The minimum atomic E-state index is -0.733. The van der Waals surface area contributed by atoms with Gasteiger partial charge in [-0.15, -0.1) is 0 Å². The molecule has 17 heavy (non-hydrogen) atoms. The fourth-order valence-electron chi connectivity index (χ4n) is 3.40. The first-order valence-electron chi connectivity index (χ1n) is 6.81. The van der Waals surface area contributed by atoms with E-state index in [2.05, 4.69) is 20.8 Å². The molecule has 2 N–H and O–H groups in total. The number of hydrogen-bond acceptors (Lipinski definition) is 2. The van der Waals surface area contributed by atoms with Crippen LogP contribution >= 0.6 is 0 Å². The van der Waals surface area contributed by atoms with Gasteiger partial charge >= 0.3 is 5.97 Å². The highest BCUT2D eigenvalue weighted by Gasteiger charge is 2.38. The number of carboxylic acids is 1. The van der Waals surface area contributed by atoms with Crippen molar-refractivity contribution < 1.29 is 15.0 Å². The van der Waals surface area contributed by atoms with Gasteiger partial charge in [0.05, 0.1) is 5.92 Å². The van der Waals surface area contributed by atoms with Crippen molar-refractivity contribution in [1.82, 2.24) is 0 Å². The lowest BCUT2D eigenvalue weighted by atomic mass is 9.65. The fraction of sp³-hybridized carbons (Fsp3) is 0.929. The van der Waals surface area contributed by atoms with Crippen LogP contribution in [-0.2, 0) is 4.79 Å². The highest BCUT2D eigenvalue weighted by atomic mass is 16.4. The van der Waals surface area contributed by atoms with Crippen molar-refractivity contribution in [2.24, 2.45) is 29.6 Å². The summed E-state index contributed by atoms with van der Waals surface area (Å²) in [5.41, 5.74) is 0. The maximum absolute atomic E-state index is 11.4. The maximum Gasteiger partial charge on any atom is 0.306 e. The molecule has 1 rings (SSSR count). The standard InChI is InChI=1S/C14H26O3/c1-9(2)11-5-4-10(3)8-13(11)12(6-7-15)14(16)17/h9-13,15H,4-8H2,1-3H3,(H,16,17). The lowest BCUT2D eigenvalue weighted by Crippen LogP contribution is -2.37. The molecule has 3 heteroatoms. The zero-order chi connectivity index (χ0) is 13.0. The van der Waals surface area contributed by atoms with Crippen molar-refractivity contribution in [1.29, 1.82) is 0 Å². The zero-order valence-electron chi connectivity index (χ0n) is 11.2. The molecule has 0 spiro atoms. The van der Waals surface area contributed by atoms with Gasteiger partial charge in [-0.1, -0.05) is 27.2 Å². The Bertz CT molecular complexity index is 250. The van der Waals surface area contributed by atoms with Crippen LogP contribution in [0.3, 0.4) is 0 Å². The average Bonchev–Trinajstić information content (AvgIpc) is 2.24. The summed E-state index contributed by atoms with van der Waals surface area (Å²) in [6.07, 6.45) is 3.75. The van der Waals surface area contributed by atoms with E-state index in [0.29, 0.717) is 24.2 Å². The Morgan fingerprint density at radius 3 is 2.41 bits per heavy atom. The van der Waals surface area contributed by atoms with Gasteiger partial charge in [0.1, 0.15) is 0 Å². The molecule has 4 unspecified atom stereocenters. The Kier molecular flexibility index (Phi) is 5.44. The highest BCUT2D eigenvalue weighted by Crippen LogP contribution is 2.42. The number of aliphatic hydroxyl groups excluding tert-OH is 1. The summed E-state index contributed by atoms with van der Waals surface area (Å²) in [7, 11) is 0. The Labute approximate surface area is 104 Å². The fourth-order valence-corrected chi connectivity index (χ4v) is 3.40. The van der Waals surface area contributed by atoms with E-state index in [1.807, 2.05) is 0 Å². The van der Waals surface area contributed by atoms with Crippen LogP contribution in [0.5, 0.6) is 0 Å². The molecular weight excluding hydrogens is 216 g/mol. The molecule has 0 radical (unpaired) electrons. The first-order valence-corrected chi connectivity index (χ1v) is 6.81. The van der Waals surface area contributed by atoms with E-state index in [1.54, 1.807) is 0 Å². The van der Waals surface area contributed by atoms with Crippen molar-refractivity contribution in [3.63, 3.8) is 0 Å². The third kappa shape index (κ3) is 3.70. The molecule has 1 saturated carbocycles. The number of aliphatic carboxylic acids is 1. The van der Waals surface area contributed by atoms with Gasteiger partial charge in [-0.3, -0.25) is 4.79 Å². The van der Waals surface area contributed by atoms with Gasteiger partial charge in [-0.2, -0.15) is 0 Å². The predicted molar refractivity (Wildman–Crippen MR) is 67.7 cm³/mol. The van der Waals surface area contributed by atoms with Crippen LogP contribution in [0, 0.1) is 29.6 Å². The maximum atomic E-state index is 11.4. The van der Waals surface area contributed by atoms with E-state index in [9.17, 15) is 9.90 Å². The molecule has 0 aromatic rings. The molecule has 100 valence electrons. The molecule has 4 atom stereocenters. The van der Waals surface area contributed by atoms with Crippen LogP contribution < -0.4 is 0 Å². The second-order valence-electron chi connectivity index (χ2n) is 5.95. The monoisotopic (exact) mass is 242 g/mol. The summed E-state index contributed by atoms with van der Waals surface area (Å²) in [6, 6.07) is 0. The van der Waals surface area contributed by atoms with E-state index in [-0.39, 0.29) is 18.4 Å². The lowest BCUT2D eigenvalue weighted by molar-refractivity contribution is -0.146. The van der Waals surface area contributed by atoms with Gasteiger partial charge in [0, 0.05) is 6.61 Å². The Morgan fingerprint density at radius 1 is 1.29 bits per heavy atom. The van der Waals surface area contributed by atoms with Crippen LogP contribution in [0.25, 0.3) is 0 Å². The second kappa shape index (κ2) is 6.39. The Balaban J connectivity index is 2.82.